The van der Waals surface area contributed by atoms with Crippen LogP contribution in [0.5, 0.6) is 0 Å². The van der Waals surface area contributed by atoms with E-state index in [4.69, 9.17) is 5.11 Å². The Balaban J connectivity index is 2.00. The summed E-state index contributed by atoms with van der Waals surface area (Å²) in [5, 5.41) is 11.8. The molecule has 0 aliphatic carbocycles. The minimum Gasteiger partial charge on any atom is -0.481 e. The van der Waals surface area contributed by atoms with Crippen LogP contribution in [0.25, 0.3) is 0 Å². The van der Waals surface area contributed by atoms with Crippen LogP contribution in [0.1, 0.15) is 24.4 Å². The Morgan fingerprint density at radius 1 is 1.24 bits per heavy atom. The number of carboxylic acid groups (broad SMARTS) is 1. The molecule has 1 aliphatic rings. The lowest BCUT2D eigenvalue weighted by Crippen LogP contribution is -2.45. The van der Waals surface area contributed by atoms with Crippen molar-refractivity contribution in [2.24, 2.45) is 0 Å². The highest BCUT2D eigenvalue weighted by molar-refractivity contribution is 7.99. The Morgan fingerprint density at radius 3 is 2.52 bits per heavy atom. The van der Waals surface area contributed by atoms with E-state index in [1.807, 2.05) is 42.1 Å². The molecule has 1 saturated heterocycles. The van der Waals surface area contributed by atoms with Gasteiger partial charge in [-0.3, -0.25) is 4.79 Å². The van der Waals surface area contributed by atoms with Crippen LogP contribution in [0.15, 0.2) is 30.3 Å². The first-order valence-corrected chi connectivity index (χ1v) is 8.22. The Morgan fingerprint density at radius 2 is 1.90 bits per heavy atom. The number of nitrogens with zero attached hydrogens (tertiary/aromatic N) is 1. The van der Waals surface area contributed by atoms with Gasteiger partial charge >= 0.3 is 12.0 Å². The highest BCUT2D eigenvalue weighted by Gasteiger charge is 2.21. The van der Waals surface area contributed by atoms with Gasteiger partial charge in [0.25, 0.3) is 0 Å². The van der Waals surface area contributed by atoms with Crippen LogP contribution < -0.4 is 5.32 Å². The van der Waals surface area contributed by atoms with Crippen molar-refractivity contribution in [2.45, 2.75) is 18.9 Å². The lowest BCUT2D eigenvalue weighted by atomic mass is 10.0. The van der Waals surface area contributed by atoms with E-state index in [1.165, 1.54) is 0 Å². The minimum absolute atomic E-state index is 0.0374. The van der Waals surface area contributed by atoms with Crippen molar-refractivity contribution in [3.05, 3.63) is 35.9 Å². The molecule has 1 aliphatic heterocycles. The molecule has 0 radical (unpaired) electrons. The molecule has 0 saturated carbocycles. The third kappa shape index (κ3) is 4.97. The Labute approximate surface area is 128 Å². The third-order valence-electron chi connectivity index (χ3n) is 3.44. The number of aliphatic carboxylic acids is 1. The number of urea groups is 1. The van der Waals surface area contributed by atoms with Crippen molar-refractivity contribution in [1.29, 1.82) is 0 Å². The van der Waals surface area contributed by atoms with Gasteiger partial charge in [0.05, 0.1) is 6.04 Å². The smallest absolute Gasteiger partial charge is 0.317 e. The molecule has 5 nitrogen and oxygen atoms in total. The highest BCUT2D eigenvalue weighted by atomic mass is 32.2. The first kappa shape index (κ1) is 15.7. The average molecular weight is 308 g/mol. The van der Waals surface area contributed by atoms with Crippen molar-refractivity contribution in [1.82, 2.24) is 10.2 Å². The summed E-state index contributed by atoms with van der Waals surface area (Å²) in [4.78, 5) is 24.9. The molecule has 2 N–H and O–H groups in total. The van der Waals surface area contributed by atoms with Crippen molar-refractivity contribution < 1.29 is 14.7 Å². The molecule has 6 heteroatoms. The van der Waals surface area contributed by atoms with E-state index in [-0.39, 0.29) is 18.5 Å². The fourth-order valence-corrected chi connectivity index (χ4v) is 3.19. The summed E-state index contributed by atoms with van der Waals surface area (Å²) < 4.78 is 0. The zero-order chi connectivity index (χ0) is 15.1. The summed E-state index contributed by atoms with van der Waals surface area (Å²) in [5.41, 5.74) is 0.943. The van der Waals surface area contributed by atoms with Crippen molar-refractivity contribution >= 4 is 23.8 Å². The fourth-order valence-electron chi connectivity index (χ4n) is 2.28. The maximum absolute atomic E-state index is 12.3. The molecule has 114 valence electrons. The van der Waals surface area contributed by atoms with Crippen LogP contribution in [-0.4, -0.2) is 46.6 Å². The average Bonchev–Trinajstić information content (AvgIpc) is 2.52. The number of amides is 2. The van der Waals surface area contributed by atoms with E-state index in [0.717, 1.165) is 30.2 Å². The SMILES string of the molecule is O=C(O)CCC(NC(=O)N1CCSCC1)c1ccccc1. The van der Waals surface area contributed by atoms with Crippen LogP contribution in [0.3, 0.4) is 0 Å². The van der Waals surface area contributed by atoms with Crippen LogP contribution >= 0.6 is 11.8 Å². The summed E-state index contributed by atoms with van der Waals surface area (Å²) in [7, 11) is 0. The molecule has 1 fully saturated rings. The lowest BCUT2D eigenvalue weighted by molar-refractivity contribution is -0.137. The minimum atomic E-state index is -0.848. The number of rotatable bonds is 5. The highest BCUT2D eigenvalue weighted by Crippen LogP contribution is 2.19. The topological polar surface area (TPSA) is 69.6 Å². The molecule has 0 aromatic heterocycles. The molecular weight excluding hydrogens is 288 g/mol. The maximum Gasteiger partial charge on any atom is 0.317 e. The number of nitrogens with one attached hydrogen (secondary N) is 1. The number of carbonyl (C=O) groups excluding carboxylic acids is 1. The van der Waals surface area contributed by atoms with Crippen LogP contribution in [0, 0.1) is 0 Å². The second-order valence-electron chi connectivity index (χ2n) is 4.94. The van der Waals surface area contributed by atoms with Gasteiger partial charge in [-0.1, -0.05) is 30.3 Å². The molecule has 0 spiro atoms. The summed E-state index contributed by atoms with van der Waals surface area (Å²) in [6.07, 6.45) is 0.434. The first-order chi connectivity index (χ1) is 10.2. The number of carbonyl (C=O) groups is 2. The second kappa shape index (κ2) is 7.93. The summed E-state index contributed by atoms with van der Waals surface area (Å²) >= 11 is 1.85. The van der Waals surface area contributed by atoms with Crippen molar-refractivity contribution in [2.75, 3.05) is 24.6 Å². The Bertz CT molecular complexity index is 475. The van der Waals surface area contributed by atoms with Gasteiger partial charge in [-0.05, 0) is 12.0 Å². The molecular formula is C15H20N2O3S. The van der Waals surface area contributed by atoms with Gasteiger partial charge in [-0.2, -0.15) is 11.8 Å². The van der Waals surface area contributed by atoms with Gasteiger partial charge < -0.3 is 15.3 Å². The van der Waals surface area contributed by atoms with Gasteiger partial charge in [0.15, 0.2) is 0 Å². The first-order valence-electron chi connectivity index (χ1n) is 7.07. The van der Waals surface area contributed by atoms with Gasteiger partial charge in [0, 0.05) is 31.0 Å². The molecule has 2 amide bonds. The van der Waals surface area contributed by atoms with E-state index < -0.39 is 5.97 Å². The zero-order valence-electron chi connectivity index (χ0n) is 11.8. The van der Waals surface area contributed by atoms with E-state index in [1.54, 1.807) is 4.90 Å². The Hall–Kier alpha value is -1.69. The predicted molar refractivity (Wildman–Crippen MR) is 83.5 cm³/mol. The number of hydrogen-bond donors (Lipinski definition) is 2. The molecule has 1 aromatic rings. The monoisotopic (exact) mass is 308 g/mol. The van der Waals surface area contributed by atoms with Gasteiger partial charge in [-0.25, -0.2) is 4.79 Å². The van der Waals surface area contributed by atoms with Crippen molar-refractivity contribution in [3.8, 4) is 0 Å². The third-order valence-corrected chi connectivity index (χ3v) is 4.39. The van der Waals surface area contributed by atoms with Crippen LogP contribution in [0.4, 0.5) is 4.79 Å². The maximum atomic E-state index is 12.3. The molecule has 1 aromatic carbocycles. The number of thioether (sulfide) groups is 1. The normalized spacial score (nSPS) is 16.3. The van der Waals surface area contributed by atoms with Crippen molar-refractivity contribution in [3.63, 3.8) is 0 Å². The summed E-state index contributed by atoms with van der Waals surface area (Å²) in [5.74, 6) is 1.07. The van der Waals surface area contributed by atoms with Gasteiger partial charge in [0.1, 0.15) is 0 Å². The second-order valence-corrected chi connectivity index (χ2v) is 6.17. The zero-order valence-corrected chi connectivity index (χ0v) is 12.6. The number of carboxylic acids is 1. The number of benzene rings is 1. The quantitative estimate of drug-likeness (QED) is 0.876. The van der Waals surface area contributed by atoms with Gasteiger partial charge in [0.2, 0.25) is 0 Å². The van der Waals surface area contributed by atoms with Crippen LogP contribution in [-0.2, 0) is 4.79 Å². The summed E-state index contributed by atoms with van der Waals surface area (Å²) in [6, 6.07) is 9.16. The Kier molecular flexibility index (Phi) is 5.92. The fraction of sp³-hybridized carbons (Fsp3) is 0.467. The molecule has 1 unspecified atom stereocenters. The molecule has 1 heterocycles. The largest absolute Gasteiger partial charge is 0.481 e. The predicted octanol–water partition coefficient (Wildman–Crippen LogP) is 2.35. The standard InChI is InChI=1S/C15H20N2O3S/c18-14(19)7-6-13(12-4-2-1-3-5-12)16-15(20)17-8-10-21-11-9-17/h1-5,13H,6-11H2,(H,16,20)(H,18,19). The van der Waals surface area contributed by atoms with E-state index in [9.17, 15) is 9.59 Å². The van der Waals surface area contributed by atoms with E-state index in [2.05, 4.69) is 5.32 Å². The van der Waals surface area contributed by atoms with E-state index >= 15 is 0 Å². The molecule has 2 rings (SSSR count). The lowest BCUT2D eigenvalue weighted by Gasteiger charge is -2.29. The van der Waals surface area contributed by atoms with E-state index in [0.29, 0.717) is 6.42 Å². The van der Waals surface area contributed by atoms with Gasteiger partial charge in [-0.15, -0.1) is 0 Å². The molecule has 21 heavy (non-hydrogen) atoms. The summed E-state index contributed by atoms with van der Waals surface area (Å²) in [6.45, 7) is 1.49. The molecule has 1 atom stereocenters. The molecule has 0 bridgehead atoms. The van der Waals surface area contributed by atoms with Crippen LogP contribution in [0.2, 0.25) is 0 Å². The number of hydrogen-bond acceptors (Lipinski definition) is 3.